The summed E-state index contributed by atoms with van der Waals surface area (Å²) in [4.78, 5) is 29.1. The predicted octanol–water partition coefficient (Wildman–Crippen LogP) is 2.54. The summed E-state index contributed by atoms with van der Waals surface area (Å²) in [7, 11) is -0.957. The Morgan fingerprint density at radius 3 is 2.53 bits per heavy atom. The van der Waals surface area contributed by atoms with Gasteiger partial charge in [0.15, 0.2) is 0 Å². The van der Waals surface area contributed by atoms with Crippen molar-refractivity contribution in [1.29, 1.82) is 0 Å². The van der Waals surface area contributed by atoms with Crippen LogP contribution in [-0.2, 0) is 16.0 Å². The molecule has 1 aromatic heterocycles. The van der Waals surface area contributed by atoms with Crippen molar-refractivity contribution in [1.82, 2.24) is 10.3 Å². The van der Waals surface area contributed by atoms with Crippen LogP contribution < -0.4 is 9.97 Å². The number of carbonyl (C=O) groups is 2. The first-order valence-electron chi connectivity index (χ1n) is 9.14. The average Bonchev–Trinajstić information content (AvgIpc) is 2.73. The molecule has 0 saturated carbocycles. The molecule has 3 aromatic rings. The lowest BCUT2D eigenvalue weighted by molar-refractivity contribution is -0.142. The van der Waals surface area contributed by atoms with Crippen molar-refractivity contribution in [3.05, 3.63) is 69.6 Å². The molecule has 0 fully saturated rings. The number of amides is 1. The van der Waals surface area contributed by atoms with Crippen molar-refractivity contribution in [3.8, 4) is 5.75 Å². The lowest BCUT2D eigenvalue weighted by Gasteiger charge is -2.19. The van der Waals surface area contributed by atoms with E-state index in [9.17, 15) is 14.0 Å². The zero-order valence-corrected chi connectivity index (χ0v) is 18.0. The fourth-order valence-corrected chi connectivity index (χ4v) is 3.68. The number of nitrogens with zero attached hydrogens (tertiary/aromatic N) is 1. The van der Waals surface area contributed by atoms with Crippen LogP contribution >= 0.6 is 23.2 Å². The first-order valence-corrected chi connectivity index (χ1v) is 9.89. The summed E-state index contributed by atoms with van der Waals surface area (Å²) in [6.07, 6.45) is 0.825. The SMILES string of the molecule is COC(=O)[C@H](Cc1ccc(OB(O)O)c2ncc(F)cc12)NC(=O)c1c(Cl)cccc1Cl. The topological polar surface area (TPSA) is 118 Å². The lowest BCUT2D eigenvalue weighted by atomic mass is 9.99. The van der Waals surface area contributed by atoms with Crippen LogP contribution in [0.4, 0.5) is 4.39 Å². The summed E-state index contributed by atoms with van der Waals surface area (Å²) >= 11 is 12.1. The Labute approximate surface area is 192 Å². The van der Waals surface area contributed by atoms with Gasteiger partial charge in [-0.25, -0.2) is 14.2 Å². The van der Waals surface area contributed by atoms with E-state index in [-0.39, 0.29) is 38.7 Å². The third kappa shape index (κ3) is 5.28. The molecule has 1 amide bonds. The number of aromatic nitrogens is 1. The van der Waals surface area contributed by atoms with Crippen LogP contribution in [0.2, 0.25) is 10.0 Å². The Morgan fingerprint density at radius 1 is 1.22 bits per heavy atom. The Morgan fingerprint density at radius 2 is 1.91 bits per heavy atom. The Bertz CT molecular complexity index is 1160. The molecule has 1 atom stereocenters. The van der Waals surface area contributed by atoms with Crippen LogP contribution in [-0.4, -0.2) is 47.4 Å². The van der Waals surface area contributed by atoms with E-state index >= 15 is 0 Å². The van der Waals surface area contributed by atoms with Gasteiger partial charge in [-0.15, -0.1) is 0 Å². The molecule has 0 saturated heterocycles. The maximum atomic E-state index is 13.9. The highest BCUT2D eigenvalue weighted by molar-refractivity contribution is 6.39. The van der Waals surface area contributed by atoms with Crippen molar-refractivity contribution >= 4 is 53.3 Å². The number of pyridine rings is 1. The van der Waals surface area contributed by atoms with E-state index in [0.717, 1.165) is 19.4 Å². The summed E-state index contributed by atoms with van der Waals surface area (Å²) < 4.78 is 23.6. The van der Waals surface area contributed by atoms with E-state index in [4.69, 9.17) is 42.6 Å². The predicted molar refractivity (Wildman–Crippen MR) is 116 cm³/mol. The second kappa shape index (κ2) is 10.1. The molecule has 1 heterocycles. The Balaban J connectivity index is 1.98. The fraction of sp³-hybridized carbons (Fsp3) is 0.150. The van der Waals surface area contributed by atoms with Gasteiger partial charge in [-0.3, -0.25) is 4.79 Å². The fourth-order valence-electron chi connectivity index (χ4n) is 3.11. The molecular weight excluding hydrogens is 465 g/mol. The van der Waals surface area contributed by atoms with Crippen molar-refractivity contribution in [2.45, 2.75) is 12.5 Å². The van der Waals surface area contributed by atoms with E-state index < -0.39 is 31.1 Å². The molecule has 166 valence electrons. The number of esters is 1. The van der Waals surface area contributed by atoms with Gasteiger partial charge >= 0.3 is 13.3 Å². The molecule has 3 N–H and O–H groups in total. The largest absolute Gasteiger partial charge is 0.707 e. The molecule has 0 aliphatic heterocycles. The minimum absolute atomic E-state index is 0.0111. The highest BCUT2D eigenvalue weighted by Gasteiger charge is 2.26. The van der Waals surface area contributed by atoms with Crippen LogP contribution in [0, 0.1) is 5.82 Å². The maximum Gasteiger partial charge on any atom is 0.707 e. The molecule has 0 aliphatic carbocycles. The second-order valence-electron chi connectivity index (χ2n) is 6.57. The van der Waals surface area contributed by atoms with Gasteiger partial charge in [-0.2, -0.15) is 0 Å². The molecule has 0 unspecified atom stereocenters. The molecule has 3 rings (SSSR count). The number of methoxy groups -OCH3 is 1. The summed E-state index contributed by atoms with van der Waals surface area (Å²) in [6, 6.07) is 7.35. The number of carbonyl (C=O) groups excluding carboxylic acids is 2. The van der Waals surface area contributed by atoms with E-state index in [2.05, 4.69) is 10.3 Å². The van der Waals surface area contributed by atoms with Gasteiger partial charge in [0, 0.05) is 11.8 Å². The minimum Gasteiger partial charge on any atom is -0.510 e. The van der Waals surface area contributed by atoms with Crippen LogP contribution in [0.5, 0.6) is 5.75 Å². The van der Waals surface area contributed by atoms with Gasteiger partial charge in [0.25, 0.3) is 5.91 Å². The van der Waals surface area contributed by atoms with Crippen molar-refractivity contribution < 1.29 is 33.4 Å². The van der Waals surface area contributed by atoms with Crippen LogP contribution in [0.3, 0.4) is 0 Å². The minimum atomic E-state index is -2.11. The standard InChI is InChI=1S/C20H16BCl2FN2O6/c1-31-20(28)15(26-19(27)17-13(22)3-2-4-14(17)23)7-10-5-6-16(32-21(29)30)18-12(10)8-11(24)9-25-18/h2-6,8-9,15,29-30H,7H2,1H3,(H,26,27)/t15-/m0/s1. The van der Waals surface area contributed by atoms with Crippen molar-refractivity contribution in [2.75, 3.05) is 7.11 Å². The van der Waals surface area contributed by atoms with Gasteiger partial charge < -0.3 is 24.8 Å². The number of rotatable bonds is 7. The van der Waals surface area contributed by atoms with E-state index in [0.29, 0.717) is 5.56 Å². The normalized spacial score (nSPS) is 11.7. The van der Waals surface area contributed by atoms with Crippen LogP contribution in [0.15, 0.2) is 42.6 Å². The van der Waals surface area contributed by atoms with Gasteiger partial charge in [-0.1, -0.05) is 35.3 Å². The molecular formula is C20H16BCl2FN2O6. The smallest absolute Gasteiger partial charge is 0.510 e. The highest BCUT2D eigenvalue weighted by atomic mass is 35.5. The highest BCUT2D eigenvalue weighted by Crippen LogP contribution is 2.29. The Kier molecular flexibility index (Phi) is 7.52. The number of ether oxygens (including phenoxy) is 1. The quantitative estimate of drug-likeness (QED) is 0.351. The van der Waals surface area contributed by atoms with Gasteiger partial charge in [0.05, 0.1) is 28.9 Å². The van der Waals surface area contributed by atoms with Gasteiger partial charge in [0.2, 0.25) is 0 Å². The first kappa shape index (κ1) is 23.7. The van der Waals surface area contributed by atoms with E-state index in [1.165, 1.54) is 24.3 Å². The summed E-state index contributed by atoms with van der Waals surface area (Å²) in [5.41, 5.74) is 0.525. The van der Waals surface area contributed by atoms with Gasteiger partial charge in [0.1, 0.15) is 23.1 Å². The summed E-state index contributed by atoms with van der Waals surface area (Å²) in [5.74, 6) is -2.14. The van der Waals surface area contributed by atoms with E-state index in [1.54, 1.807) is 6.07 Å². The summed E-state index contributed by atoms with van der Waals surface area (Å²) in [6.45, 7) is 0. The lowest BCUT2D eigenvalue weighted by Crippen LogP contribution is -2.43. The Hall–Kier alpha value is -2.92. The molecule has 8 nitrogen and oxygen atoms in total. The van der Waals surface area contributed by atoms with Crippen LogP contribution in [0.25, 0.3) is 10.9 Å². The zero-order chi connectivity index (χ0) is 23.4. The third-order valence-corrected chi connectivity index (χ3v) is 5.14. The number of nitrogens with one attached hydrogen (secondary N) is 1. The molecule has 32 heavy (non-hydrogen) atoms. The number of halogens is 3. The van der Waals surface area contributed by atoms with Crippen LogP contribution in [0.1, 0.15) is 15.9 Å². The monoisotopic (exact) mass is 480 g/mol. The third-order valence-electron chi connectivity index (χ3n) is 4.51. The molecule has 2 aromatic carbocycles. The molecule has 0 radical (unpaired) electrons. The number of hydrogen-bond donors (Lipinski definition) is 3. The van der Waals surface area contributed by atoms with Crippen molar-refractivity contribution in [2.24, 2.45) is 0 Å². The molecule has 0 spiro atoms. The maximum absolute atomic E-state index is 13.9. The second-order valence-corrected chi connectivity index (χ2v) is 7.38. The number of fused-ring (bicyclic) bond motifs is 1. The molecule has 0 bridgehead atoms. The number of benzene rings is 2. The van der Waals surface area contributed by atoms with E-state index in [1.807, 2.05) is 0 Å². The molecule has 0 aliphatic rings. The zero-order valence-electron chi connectivity index (χ0n) is 16.5. The average molecular weight is 481 g/mol. The molecule has 12 heteroatoms. The number of hydrogen-bond acceptors (Lipinski definition) is 7. The van der Waals surface area contributed by atoms with Crippen molar-refractivity contribution in [3.63, 3.8) is 0 Å². The van der Waals surface area contributed by atoms with Gasteiger partial charge in [-0.05, 0) is 29.8 Å². The first-order chi connectivity index (χ1) is 15.2. The summed E-state index contributed by atoms with van der Waals surface area (Å²) in [5, 5.41) is 21.1.